The molecule has 0 radical (unpaired) electrons. The van der Waals surface area contributed by atoms with Crippen molar-refractivity contribution < 1.29 is 24.2 Å². The molecule has 1 aromatic carbocycles. The van der Waals surface area contributed by atoms with E-state index in [9.17, 15) is 19.5 Å². The Kier molecular flexibility index (Phi) is 6.51. The van der Waals surface area contributed by atoms with E-state index >= 15 is 0 Å². The number of amides is 2. The Bertz CT molecular complexity index is 1330. The molecule has 1 aliphatic carbocycles. The minimum absolute atomic E-state index is 0.0635. The number of aliphatic hydroxyl groups is 1. The molecule has 0 bridgehead atoms. The molecule has 202 valence electrons. The van der Waals surface area contributed by atoms with Crippen molar-refractivity contribution in [2.24, 2.45) is 0 Å². The average molecular weight is 537 g/mol. The number of carbonyl (C=O) groups excluding carboxylic acids is 3. The first-order valence-electron chi connectivity index (χ1n) is 13.2. The van der Waals surface area contributed by atoms with Crippen LogP contribution in [0, 0.1) is 0 Å². The number of hydrogen-bond donors (Lipinski definition) is 3. The number of hydrogen-bond acceptors (Lipinski definition) is 7. The molecule has 0 fully saturated rings. The fraction of sp³-hybridized carbons (Fsp3) is 0.464. The molecule has 0 saturated heterocycles. The predicted molar refractivity (Wildman–Crippen MR) is 146 cm³/mol. The average Bonchev–Trinajstić information content (AvgIpc) is 3.24. The second-order valence-corrected chi connectivity index (χ2v) is 16.7. The molecule has 0 saturated carbocycles. The summed E-state index contributed by atoms with van der Waals surface area (Å²) in [7, 11) is 1.81. The molecule has 1 atom stereocenters. The highest BCUT2D eigenvalue weighted by molar-refractivity contribution is 6.77. The van der Waals surface area contributed by atoms with Crippen molar-refractivity contribution in [1.82, 2.24) is 20.4 Å². The SMILES string of the molecule is CCC1(O)C(=O)OCC2=C1CC1=C(C2=O)N2Cc3c(cccc3CC[Si](C)(C)CNC(=O)N(C)C)C=C2N1. The Morgan fingerprint density at radius 2 is 2.05 bits per heavy atom. The van der Waals surface area contributed by atoms with Crippen molar-refractivity contribution in [3.8, 4) is 0 Å². The number of cyclic esters (lactones) is 1. The Balaban J connectivity index is 1.36. The number of ketones is 1. The van der Waals surface area contributed by atoms with Crippen LogP contribution in [0.4, 0.5) is 4.79 Å². The Labute approximate surface area is 224 Å². The minimum atomic E-state index is -1.76. The number of ether oxygens (including phenoxy) is 1. The van der Waals surface area contributed by atoms with Crippen molar-refractivity contribution in [3.63, 3.8) is 0 Å². The highest BCUT2D eigenvalue weighted by Crippen LogP contribution is 2.44. The predicted octanol–water partition coefficient (Wildman–Crippen LogP) is 2.64. The highest BCUT2D eigenvalue weighted by atomic mass is 28.3. The monoisotopic (exact) mass is 536 g/mol. The molecule has 5 rings (SSSR count). The standard InChI is InChI=1S/C28H36N4O5Si/c1-6-28(36)21-13-22-24(25(33)20(21)15-37-26(28)34)32-14-19-17(8-7-9-18(19)12-23(32)30-22)10-11-38(4,5)16-29-27(35)31(2)3/h7-9,12,30,36H,6,10-11,13-16H2,1-5H3,(H,29,35). The normalized spacial score (nSPS) is 22.2. The number of esters is 1. The largest absolute Gasteiger partial charge is 0.458 e. The second kappa shape index (κ2) is 9.43. The van der Waals surface area contributed by atoms with Gasteiger partial charge < -0.3 is 30.3 Å². The van der Waals surface area contributed by atoms with E-state index in [1.807, 2.05) is 4.90 Å². The molecular weight excluding hydrogens is 500 g/mol. The third-order valence-corrected chi connectivity index (χ3v) is 10.9. The van der Waals surface area contributed by atoms with Crippen LogP contribution in [0.1, 0.15) is 36.5 Å². The molecule has 1 unspecified atom stereocenters. The lowest BCUT2D eigenvalue weighted by molar-refractivity contribution is -0.163. The number of fused-ring (bicyclic) bond motifs is 3. The topological polar surface area (TPSA) is 111 Å². The molecule has 38 heavy (non-hydrogen) atoms. The summed E-state index contributed by atoms with van der Waals surface area (Å²) in [6.45, 7) is 6.76. The minimum Gasteiger partial charge on any atom is -0.458 e. The molecule has 2 amide bonds. The van der Waals surface area contributed by atoms with Gasteiger partial charge in [-0.1, -0.05) is 44.3 Å². The Hall–Kier alpha value is -3.37. The number of nitrogens with zero attached hydrogens (tertiary/aromatic N) is 2. The molecule has 9 nitrogen and oxygen atoms in total. The lowest BCUT2D eigenvalue weighted by Gasteiger charge is -2.36. The second-order valence-electron chi connectivity index (χ2n) is 11.5. The van der Waals surface area contributed by atoms with Crippen molar-refractivity contribution >= 4 is 31.9 Å². The number of nitrogens with one attached hydrogen (secondary N) is 2. The van der Waals surface area contributed by atoms with Crippen molar-refractivity contribution in [2.75, 3.05) is 26.9 Å². The molecule has 0 aromatic heterocycles. The van der Waals surface area contributed by atoms with E-state index in [1.165, 1.54) is 11.1 Å². The first-order valence-corrected chi connectivity index (χ1v) is 16.6. The van der Waals surface area contributed by atoms with Gasteiger partial charge in [-0.05, 0) is 41.2 Å². The van der Waals surface area contributed by atoms with Crippen LogP contribution in [0.2, 0.25) is 19.1 Å². The van der Waals surface area contributed by atoms with Gasteiger partial charge in [0, 0.05) is 38.0 Å². The zero-order chi connectivity index (χ0) is 27.4. The maximum atomic E-state index is 13.7. The summed E-state index contributed by atoms with van der Waals surface area (Å²) in [6.07, 6.45) is 4.15. The van der Waals surface area contributed by atoms with Gasteiger partial charge in [0.15, 0.2) is 5.60 Å². The summed E-state index contributed by atoms with van der Waals surface area (Å²) >= 11 is 0. The van der Waals surface area contributed by atoms with Crippen LogP contribution in [0.15, 0.2) is 46.6 Å². The first kappa shape index (κ1) is 26.2. The van der Waals surface area contributed by atoms with Gasteiger partial charge in [0.2, 0.25) is 5.78 Å². The maximum absolute atomic E-state index is 13.7. The molecular formula is C28H36N4O5Si. The molecule has 0 spiro atoms. The third-order valence-electron chi connectivity index (χ3n) is 8.14. The van der Waals surface area contributed by atoms with Crippen LogP contribution in [-0.2, 0) is 27.3 Å². The van der Waals surface area contributed by atoms with E-state index in [0.29, 0.717) is 29.8 Å². The smallest absolute Gasteiger partial charge is 0.342 e. The number of carbonyl (C=O) groups is 3. The molecule has 3 N–H and O–H groups in total. The van der Waals surface area contributed by atoms with Crippen molar-refractivity contribution in [2.45, 2.75) is 57.5 Å². The molecule has 3 heterocycles. The summed E-state index contributed by atoms with van der Waals surface area (Å²) in [6, 6.07) is 7.28. The summed E-state index contributed by atoms with van der Waals surface area (Å²) in [5.74, 6) is -0.0424. The lowest BCUT2D eigenvalue weighted by atomic mass is 9.78. The number of rotatable bonds is 6. The Morgan fingerprint density at radius 3 is 2.76 bits per heavy atom. The van der Waals surface area contributed by atoms with Crippen molar-refractivity contribution in [1.29, 1.82) is 0 Å². The van der Waals surface area contributed by atoms with Gasteiger partial charge in [-0.25, -0.2) is 9.59 Å². The van der Waals surface area contributed by atoms with E-state index in [1.54, 1.807) is 25.9 Å². The molecule has 10 heteroatoms. The van der Waals surface area contributed by atoms with Gasteiger partial charge in [-0.3, -0.25) is 4.79 Å². The molecule has 4 aliphatic rings. The van der Waals surface area contributed by atoms with Gasteiger partial charge in [0.05, 0.1) is 14.6 Å². The van der Waals surface area contributed by atoms with Gasteiger partial charge >= 0.3 is 12.0 Å². The summed E-state index contributed by atoms with van der Waals surface area (Å²) in [5, 5.41) is 17.5. The maximum Gasteiger partial charge on any atom is 0.342 e. The van der Waals surface area contributed by atoms with Crippen LogP contribution < -0.4 is 10.6 Å². The van der Waals surface area contributed by atoms with Gasteiger partial charge in [0.1, 0.15) is 18.1 Å². The number of aryl methyl sites for hydroxylation is 1. The van der Waals surface area contributed by atoms with E-state index in [0.717, 1.165) is 35.7 Å². The van der Waals surface area contributed by atoms with Crippen LogP contribution in [-0.4, -0.2) is 73.2 Å². The van der Waals surface area contributed by atoms with E-state index in [-0.39, 0.29) is 24.8 Å². The van der Waals surface area contributed by atoms with Crippen LogP contribution in [0.5, 0.6) is 0 Å². The zero-order valence-electron chi connectivity index (χ0n) is 22.7. The quantitative estimate of drug-likeness (QED) is 0.379. The number of Topliss-reactive ketones (excluding diaryl/α,β-unsaturated/α-hetero) is 1. The fourth-order valence-corrected chi connectivity index (χ4v) is 7.39. The van der Waals surface area contributed by atoms with Crippen LogP contribution in [0.25, 0.3) is 6.08 Å². The fourth-order valence-electron chi connectivity index (χ4n) is 5.64. The summed E-state index contributed by atoms with van der Waals surface area (Å²) < 4.78 is 5.23. The zero-order valence-corrected chi connectivity index (χ0v) is 23.7. The Morgan fingerprint density at radius 1 is 1.29 bits per heavy atom. The van der Waals surface area contributed by atoms with Gasteiger partial charge in [-0.2, -0.15) is 0 Å². The number of benzene rings is 1. The number of urea groups is 1. The van der Waals surface area contributed by atoms with Crippen LogP contribution in [0.3, 0.4) is 0 Å². The third kappa shape index (κ3) is 4.35. The van der Waals surface area contributed by atoms with Gasteiger partial charge in [-0.15, -0.1) is 0 Å². The first-order chi connectivity index (χ1) is 17.9. The number of allylic oxidation sites excluding steroid dienone is 2. The summed E-state index contributed by atoms with van der Waals surface area (Å²) in [5.41, 5.74) is 3.95. The van der Waals surface area contributed by atoms with Crippen LogP contribution >= 0.6 is 0 Å². The highest BCUT2D eigenvalue weighted by Gasteiger charge is 2.51. The molecule has 1 aromatic rings. The van der Waals surface area contributed by atoms with E-state index in [2.05, 4.69) is 48.0 Å². The van der Waals surface area contributed by atoms with E-state index < -0.39 is 19.6 Å². The summed E-state index contributed by atoms with van der Waals surface area (Å²) in [4.78, 5) is 41.6. The lowest BCUT2D eigenvalue weighted by Crippen LogP contribution is -2.48. The van der Waals surface area contributed by atoms with Crippen molar-refractivity contribution in [3.05, 3.63) is 63.3 Å². The molecule has 3 aliphatic heterocycles. The van der Waals surface area contributed by atoms with E-state index in [4.69, 9.17) is 4.74 Å². The van der Waals surface area contributed by atoms with Gasteiger partial charge in [0.25, 0.3) is 0 Å².